The number of nitrogens with two attached hydrogens (primary N) is 1. The van der Waals surface area contributed by atoms with Crippen LogP contribution in [0.25, 0.3) is 0 Å². The fourth-order valence-corrected chi connectivity index (χ4v) is 3.06. The van der Waals surface area contributed by atoms with Gasteiger partial charge in [-0.05, 0) is 31.4 Å². The molecular formula is C15H25NO2S. The van der Waals surface area contributed by atoms with Gasteiger partial charge in [-0.15, -0.1) is 0 Å². The lowest BCUT2D eigenvalue weighted by Gasteiger charge is -2.09. The van der Waals surface area contributed by atoms with Crippen LogP contribution in [0.1, 0.15) is 56.6 Å². The first-order valence-electron chi connectivity index (χ1n) is 7.07. The van der Waals surface area contributed by atoms with E-state index in [1.165, 1.54) is 25.7 Å². The largest absolute Gasteiger partial charge is 0.238 e. The summed E-state index contributed by atoms with van der Waals surface area (Å²) in [5, 5.41) is 5.25. The Bertz CT molecular complexity index is 495. The van der Waals surface area contributed by atoms with E-state index in [4.69, 9.17) is 5.14 Å². The zero-order valence-electron chi connectivity index (χ0n) is 12.0. The summed E-state index contributed by atoms with van der Waals surface area (Å²) in [5.41, 5.74) is 1.94. The Morgan fingerprint density at radius 2 is 1.68 bits per heavy atom. The van der Waals surface area contributed by atoms with E-state index in [0.717, 1.165) is 30.4 Å². The Morgan fingerprint density at radius 1 is 1.05 bits per heavy atom. The highest BCUT2D eigenvalue weighted by molar-refractivity contribution is 7.89. The Morgan fingerprint density at radius 3 is 2.32 bits per heavy atom. The second-order valence-corrected chi connectivity index (χ2v) is 6.70. The first-order valence-corrected chi connectivity index (χ1v) is 8.62. The lowest BCUT2D eigenvalue weighted by molar-refractivity contribution is 0.591. The van der Waals surface area contributed by atoms with Crippen LogP contribution < -0.4 is 5.14 Å². The van der Waals surface area contributed by atoms with Crippen molar-refractivity contribution in [1.82, 2.24) is 0 Å². The zero-order valence-corrected chi connectivity index (χ0v) is 12.8. The maximum Gasteiger partial charge on any atom is 0.238 e. The Labute approximate surface area is 117 Å². The van der Waals surface area contributed by atoms with Gasteiger partial charge in [-0.1, -0.05) is 56.7 Å². The summed E-state index contributed by atoms with van der Waals surface area (Å²) in [5.74, 6) is 0. The lowest BCUT2D eigenvalue weighted by atomic mass is 10.0. The third kappa shape index (κ3) is 5.74. The highest BCUT2D eigenvalue weighted by Gasteiger charge is 2.13. The minimum absolute atomic E-state index is 0.284. The molecule has 1 aromatic carbocycles. The van der Waals surface area contributed by atoms with E-state index in [1.54, 1.807) is 12.1 Å². The summed E-state index contributed by atoms with van der Waals surface area (Å²) in [6.07, 6.45) is 7.99. The van der Waals surface area contributed by atoms with Crippen LogP contribution in [0.4, 0.5) is 0 Å². The van der Waals surface area contributed by atoms with Crippen molar-refractivity contribution in [1.29, 1.82) is 0 Å². The molecule has 1 aromatic rings. The molecule has 4 heteroatoms. The maximum atomic E-state index is 11.5. The van der Waals surface area contributed by atoms with Crippen LogP contribution >= 0.6 is 0 Å². The summed E-state index contributed by atoms with van der Waals surface area (Å²) < 4.78 is 23.0. The van der Waals surface area contributed by atoms with Gasteiger partial charge < -0.3 is 0 Å². The molecule has 0 heterocycles. The third-order valence-corrected chi connectivity index (χ3v) is 4.33. The van der Waals surface area contributed by atoms with Crippen molar-refractivity contribution < 1.29 is 8.42 Å². The molecule has 1 rings (SSSR count). The fraction of sp³-hybridized carbons (Fsp3) is 0.600. The van der Waals surface area contributed by atoms with Gasteiger partial charge in [-0.3, -0.25) is 0 Å². The molecule has 3 nitrogen and oxygen atoms in total. The van der Waals surface area contributed by atoms with E-state index in [1.807, 2.05) is 13.0 Å². The molecular weight excluding hydrogens is 258 g/mol. The highest BCUT2D eigenvalue weighted by Crippen LogP contribution is 2.19. The van der Waals surface area contributed by atoms with Gasteiger partial charge in [0.1, 0.15) is 0 Å². The molecule has 0 amide bonds. The molecule has 0 saturated carbocycles. The Balaban J connectivity index is 2.60. The average Bonchev–Trinajstić information content (AvgIpc) is 2.32. The normalized spacial score (nSPS) is 11.7. The molecule has 0 radical (unpaired) electrons. The van der Waals surface area contributed by atoms with Crippen molar-refractivity contribution in [3.63, 3.8) is 0 Å². The third-order valence-electron chi connectivity index (χ3n) is 3.32. The molecule has 19 heavy (non-hydrogen) atoms. The minimum atomic E-state index is -3.60. The number of aryl methyl sites for hydroxylation is 2. The van der Waals surface area contributed by atoms with Crippen LogP contribution in [0.5, 0.6) is 0 Å². The number of hydrogen-bond acceptors (Lipinski definition) is 2. The Hall–Kier alpha value is -0.870. The molecule has 0 aliphatic rings. The second kappa shape index (κ2) is 7.65. The summed E-state index contributed by atoms with van der Waals surface area (Å²) >= 11 is 0. The maximum absolute atomic E-state index is 11.5. The average molecular weight is 283 g/mol. The molecule has 0 saturated heterocycles. The van der Waals surface area contributed by atoms with E-state index in [9.17, 15) is 8.42 Å². The first-order chi connectivity index (χ1) is 8.95. The summed E-state index contributed by atoms with van der Waals surface area (Å²) in [6.45, 7) is 4.17. The summed E-state index contributed by atoms with van der Waals surface area (Å²) in [7, 11) is -3.60. The standard InChI is InChI=1S/C15H25NO2S/c1-3-4-5-6-7-8-9-14-12-13(2)10-11-15(14)19(16,17)18/h10-12H,3-9H2,1-2H3,(H2,16,17,18). The van der Waals surface area contributed by atoms with Gasteiger partial charge in [0.2, 0.25) is 10.0 Å². The van der Waals surface area contributed by atoms with Gasteiger partial charge in [0, 0.05) is 0 Å². The highest BCUT2D eigenvalue weighted by atomic mass is 32.2. The van der Waals surface area contributed by atoms with E-state index in [0.29, 0.717) is 0 Å². The molecule has 0 aliphatic heterocycles. The summed E-state index contributed by atoms with van der Waals surface area (Å²) in [6, 6.07) is 5.35. The topological polar surface area (TPSA) is 60.2 Å². The second-order valence-electron chi connectivity index (χ2n) is 5.17. The molecule has 0 atom stereocenters. The van der Waals surface area contributed by atoms with Gasteiger partial charge in [0.15, 0.2) is 0 Å². The van der Waals surface area contributed by atoms with E-state index in [-0.39, 0.29) is 4.90 Å². The van der Waals surface area contributed by atoms with Crippen molar-refractivity contribution in [2.45, 2.75) is 63.7 Å². The predicted octanol–water partition coefficient (Wildman–Crippen LogP) is 3.55. The molecule has 0 unspecified atom stereocenters. The van der Waals surface area contributed by atoms with Gasteiger partial charge >= 0.3 is 0 Å². The molecule has 0 bridgehead atoms. The zero-order chi connectivity index (χ0) is 14.3. The van der Waals surface area contributed by atoms with Crippen molar-refractivity contribution >= 4 is 10.0 Å². The van der Waals surface area contributed by atoms with Crippen LogP contribution in [0.3, 0.4) is 0 Å². The number of sulfonamides is 1. The predicted molar refractivity (Wildman–Crippen MR) is 79.6 cm³/mol. The van der Waals surface area contributed by atoms with E-state index >= 15 is 0 Å². The number of unbranched alkanes of at least 4 members (excludes halogenated alkanes) is 5. The molecule has 0 aliphatic carbocycles. The van der Waals surface area contributed by atoms with E-state index < -0.39 is 10.0 Å². The van der Waals surface area contributed by atoms with Gasteiger partial charge in [-0.2, -0.15) is 0 Å². The number of hydrogen-bond donors (Lipinski definition) is 1. The SMILES string of the molecule is CCCCCCCCc1cc(C)ccc1S(N)(=O)=O. The van der Waals surface area contributed by atoms with E-state index in [2.05, 4.69) is 6.92 Å². The quantitative estimate of drug-likeness (QED) is 0.742. The van der Waals surface area contributed by atoms with Gasteiger partial charge in [-0.25, -0.2) is 13.6 Å². The molecule has 0 aromatic heterocycles. The minimum Gasteiger partial charge on any atom is -0.225 e. The van der Waals surface area contributed by atoms with Crippen molar-refractivity contribution in [2.75, 3.05) is 0 Å². The van der Waals surface area contributed by atoms with Gasteiger partial charge in [0.25, 0.3) is 0 Å². The van der Waals surface area contributed by atoms with Crippen LogP contribution in [0.2, 0.25) is 0 Å². The molecule has 108 valence electrons. The fourth-order valence-electron chi connectivity index (χ4n) is 2.28. The Kier molecular flexibility index (Phi) is 6.52. The van der Waals surface area contributed by atoms with Crippen LogP contribution in [0.15, 0.2) is 23.1 Å². The van der Waals surface area contributed by atoms with Crippen LogP contribution in [0, 0.1) is 6.92 Å². The molecule has 2 N–H and O–H groups in total. The van der Waals surface area contributed by atoms with Crippen LogP contribution in [-0.2, 0) is 16.4 Å². The van der Waals surface area contributed by atoms with Gasteiger partial charge in [0.05, 0.1) is 4.90 Å². The summed E-state index contributed by atoms with van der Waals surface area (Å²) in [4.78, 5) is 0.284. The lowest BCUT2D eigenvalue weighted by Crippen LogP contribution is -2.14. The smallest absolute Gasteiger partial charge is 0.225 e. The number of primary sulfonamides is 1. The monoisotopic (exact) mass is 283 g/mol. The van der Waals surface area contributed by atoms with Crippen molar-refractivity contribution in [3.05, 3.63) is 29.3 Å². The first kappa shape index (κ1) is 16.2. The molecule has 0 spiro atoms. The number of rotatable bonds is 8. The van der Waals surface area contributed by atoms with Crippen LogP contribution in [-0.4, -0.2) is 8.42 Å². The van der Waals surface area contributed by atoms with Crippen molar-refractivity contribution in [3.8, 4) is 0 Å². The van der Waals surface area contributed by atoms with Crippen molar-refractivity contribution in [2.24, 2.45) is 5.14 Å². The number of benzene rings is 1. The molecule has 0 fully saturated rings.